The van der Waals surface area contributed by atoms with Gasteiger partial charge in [0.05, 0.1) is 12.2 Å². The van der Waals surface area contributed by atoms with E-state index < -0.39 is 0 Å². The minimum absolute atomic E-state index is 0.0559. The molecule has 2 aromatic carbocycles. The molecule has 0 unspecified atom stereocenters. The van der Waals surface area contributed by atoms with Crippen molar-refractivity contribution in [3.63, 3.8) is 0 Å². The summed E-state index contributed by atoms with van der Waals surface area (Å²) in [6.07, 6.45) is 2.65. The molecule has 33 heavy (non-hydrogen) atoms. The number of carbonyl (C=O) groups is 1. The number of aryl methyl sites for hydroxylation is 1. The molecule has 0 aliphatic carbocycles. The van der Waals surface area contributed by atoms with Crippen molar-refractivity contribution in [3.8, 4) is 0 Å². The third kappa shape index (κ3) is 5.49. The number of nitrogens with zero attached hydrogens (tertiary/aromatic N) is 2. The lowest BCUT2D eigenvalue weighted by atomic mass is 10.0. The second-order valence-corrected chi connectivity index (χ2v) is 8.30. The van der Waals surface area contributed by atoms with E-state index in [1.54, 1.807) is 13.1 Å². The number of benzene rings is 2. The summed E-state index contributed by atoms with van der Waals surface area (Å²) in [5.41, 5.74) is 3.16. The van der Waals surface area contributed by atoms with Gasteiger partial charge in [0, 0.05) is 43.2 Å². The standard InChI is InChI=1S/C26H30N4O3/c1-3-18-8-4-5-9-20(18)26(27-2)29-24(31)17-30-14-12-19(13-15-30)28-22-16-25(32)33-23-11-7-6-10-21(22)23/h4-11,16,19,28H,3,12-15,17H2,1-2H3,(H,27,29,31). The van der Waals surface area contributed by atoms with Crippen LogP contribution >= 0.6 is 0 Å². The van der Waals surface area contributed by atoms with Gasteiger partial charge in [-0.3, -0.25) is 14.7 Å². The number of para-hydroxylation sites is 1. The first-order valence-corrected chi connectivity index (χ1v) is 11.4. The lowest BCUT2D eigenvalue weighted by molar-refractivity contribution is -0.121. The zero-order valence-electron chi connectivity index (χ0n) is 19.1. The fourth-order valence-corrected chi connectivity index (χ4v) is 4.36. The van der Waals surface area contributed by atoms with Crippen molar-refractivity contribution >= 4 is 28.4 Å². The highest BCUT2D eigenvalue weighted by molar-refractivity contribution is 6.09. The molecule has 4 rings (SSSR count). The zero-order chi connectivity index (χ0) is 23.2. The Balaban J connectivity index is 1.32. The van der Waals surface area contributed by atoms with Gasteiger partial charge >= 0.3 is 5.63 Å². The Kier molecular flexibility index (Phi) is 7.19. The molecular formula is C26H30N4O3. The van der Waals surface area contributed by atoms with E-state index in [-0.39, 0.29) is 17.6 Å². The third-order valence-electron chi connectivity index (χ3n) is 6.10. The molecule has 1 saturated heterocycles. The molecule has 2 heterocycles. The van der Waals surface area contributed by atoms with E-state index in [1.165, 1.54) is 6.07 Å². The van der Waals surface area contributed by atoms with Crippen LogP contribution in [-0.4, -0.2) is 49.4 Å². The molecule has 1 aliphatic heterocycles. The first-order valence-electron chi connectivity index (χ1n) is 11.4. The van der Waals surface area contributed by atoms with Crippen LogP contribution in [0.15, 0.2) is 68.8 Å². The van der Waals surface area contributed by atoms with Crippen LogP contribution in [0.4, 0.5) is 5.69 Å². The predicted octanol–water partition coefficient (Wildman–Crippen LogP) is 3.42. The van der Waals surface area contributed by atoms with Crippen molar-refractivity contribution in [2.24, 2.45) is 4.99 Å². The van der Waals surface area contributed by atoms with Gasteiger partial charge in [-0.05, 0) is 37.0 Å². The molecule has 7 heteroatoms. The molecule has 0 atom stereocenters. The maximum absolute atomic E-state index is 12.7. The Bertz CT molecular complexity index is 1210. The minimum Gasteiger partial charge on any atom is -0.423 e. The highest BCUT2D eigenvalue weighted by Gasteiger charge is 2.22. The molecule has 0 spiro atoms. The average Bonchev–Trinajstić information content (AvgIpc) is 2.83. The van der Waals surface area contributed by atoms with Gasteiger partial charge in [-0.2, -0.15) is 0 Å². The second-order valence-electron chi connectivity index (χ2n) is 8.30. The van der Waals surface area contributed by atoms with Crippen LogP contribution in [0, 0.1) is 0 Å². The van der Waals surface area contributed by atoms with E-state index in [2.05, 4.69) is 33.5 Å². The van der Waals surface area contributed by atoms with Crippen LogP contribution in [0.5, 0.6) is 0 Å². The molecule has 1 aromatic heterocycles. The molecule has 0 radical (unpaired) electrons. The number of likely N-dealkylation sites (tertiary alicyclic amines) is 1. The number of hydrogen-bond acceptors (Lipinski definition) is 6. The molecule has 0 bridgehead atoms. The van der Waals surface area contributed by atoms with E-state index in [1.807, 2.05) is 36.4 Å². The fraction of sp³-hybridized carbons (Fsp3) is 0.346. The molecule has 2 N–H and O–H groups in total. The number of rotatable bonds is 6. The number of anilines is 1. The molecule has 0 saturated carbocycles. The van der Waals surface area contributed by atoms with Crippen LogP contribution < -0.4 is 16.3 Å². The molecule has 1 amide bonds. The maximum Gasteiger partial charge on any atom is 0.338 e. The number of fused-ring (bicyclic) bond motifs is 1. The van der Waals surface area contributed by atoms with E-state index >= 15 is 0 Å². The number of carbonyl (C=O) groups excluding carboxylic acids is 1. The number of amides is 1. The van der Waals surface area contributed by atoms with Gasteiger partial charge in [-0.1, -0.05) is 43.3 Å². The van der Waals surface area contributed by atoms with Gasteiger partial charge in [0.1, 0.15) is 11.4 Å². The highest BCUT2D eigenvalue weighted by atomic mass is 16.4. The van der Waals surface area contributed by atoms with Crippen molar-refractivity contribution in [2.75, 3.05) is 32.0 Å². The summed E-state index contributed by atoms with van der Waals surface area (Å²) < 4.78 is 5.28. The van der Waals surface area contributed by atoms with Crippen LogP contribution in [-0.2, 0) is 11.2 Å². The van der Waals surface area contributed by atoms with Crippen LogP contribution in [0.1, 0.15) is 30.9 Å². The minimum atomic E-state index is -0.358. The van der Waals surface area contributed by atoms with E-state index in [0.29, 0.717) is 18.0 Å². The largest absolute Gasteiger partial charge is 0.423 e. The smallest absolute Gasteiger partial charge is 0.338 e. The molecule has 7 nitrogen and oxygen atoms in total. The number of piperidine rings is 1. The Morgan fingerprint density at radius 3 is 2.61 bits per heavy atom. The predicted molar refractivity (Wildman–Crippen MR) is 132 cm³/mol. The Morgan fingerprint density at radius 2 is 1.85 bits per heavy atom. The molecule has 1 fully saturated rings. The number of nitrogens with one attached hydrogen (secondary N) is 2. The number of aliphatic imine (C=N–C) groups is 1. The summed E-state index contributed by atoms with van der Waals surface area (Å²) in [5, 5.41) is 7.40. The van der Waals surface area contributed by atoms with Crippen molar-refractivity contribution < 1.29 is 9.21 Å². The Morgan fingerprint density at radius 1 is 1.12 bits per heavy atom. The van der Waals surface area contributed by atoms with Crippen molar-refractivity contribution in [1.29, 1.82) is 0 Å². The zero-order valence-corrected chi connectivity index (χ0v) is 19.1. The fourth-order valence-electron chi connectivity index (χ4n) is 4.36. The Hall–Kier alpha value is -3.45. The normalized spacial score (nSPS) is 15.5. The average molecular weight is 447 g/mol. The number of amidine groups is 1. The van der Waals surface area contributed by atoms with Gasteiger partial charge in [-0.15, -0.1) is 0 Å². The van der Waals surface area contributed by atoms with Gasteiger partial charge in [0.2, 0.25) is 5.91 Å². The summed E-state index contributed by atoms with van der Waals surface area (Å²) in [4.78, 5) is 31.1. The highest BCUT2D eigenvalue weighted by Crippen LogP contribution is 2.24. The maximum atomic E-state index is 12.7. The lowest BCUT2D eigenvalue weighted by Crippen LogP contribution is -2.45. The summed E-state index contributed by atoms with van der Waals surface area (Å²) in [6, 6.07) is 17.3. The Labute approximate surface area is 193 Å². The SMILES string of the molecule is CCc1ccccc1C(=NC)NC(=O)CN1CCC(Nc2cc(=O)oc3ccccc23)CC1. The van der Waals surface area contributed by atoms with Crippen molar-refractivity contribution in [3.05, 3.63) is 76.1 Å². The van der Waals surface area contributed by atoms with Crippen LogP contribution in [0.25, 0.3) is 11.0 Å². The van der Waals surface area contributed by atoms with Crippen molar-refractivity contribution in [1.82, 2.24) is 10.2 Å². The first-order chi connectivity index (χ1) is 16.1. The van der Waals surface area contributed by atoms with Gasteiger partial charge in [-0.25, -0.2) is 4.79 Å². The van der Waals surface area contributed by atoms with E-state index in [4.69, 9.17) is 4.42 Å². The van der Waals surface area contributed by atoms with Crippen molar-refractivity contribution in [2.45, 2.75) is 32.2 Å². The monoisotopic (exact) mass is 446 g/mol. The first kappa shape index (κ1) is 22.7. The summed E-state index contributed by atoms with van der Waals surface area (Å²) in [7, 11) is 1.70. The topological polar surface area (TPSA) is 86.9 Å². The van der Waals surface area contributed by atoms with E-state index in [9.17, 15) is 9.59 Å². The number of hydrogen-bond donors (Lipinski definition) is 2. The lowest BCUT2D eigenvalue weighted by Gasteiger charge is -2.32. The third-order valence-corrected chi connectivity index (χ3v) is 6.10. The second kappa shape index (κ2) is 10.4. The van der Waals surface area contributed by atoms with Gasteiger partial charge < -0.3 is 15.1 Å². The van der Waals surface area contributed by atoms with Gasteiger partial charge in [0.15, 0.2) is 0 Å². The molecule has 172 valence electrons. The summed E-state index contributed by atoms with van der Waals surface area (Å²) in [6.45, 7) is 4.03. The quantitative estimate of drug-likeness (QED) is 0.344. The van der Waals surface area contributed by atoms with Gasteiger partial charge in [0.25, 0.3) is 0 Å². The van der Waals surface area contributed by atoms with Crippen LogP contribution in [0.2, 0.25) is 0 Å². The van der Waals surface area contributed by atoms with E-state index in [0.717, 1.165) is 54.6 Å². The summed E-state index contributed by atoms with van der Waals surface area (Å²) in [5.74, 6) is 0.559. The molecule has 3 aromatic rings. The van der Waals surface area contributed by atoms with Crippen LogP contribution in [0.3, 0.4) is 0 Å². The summed E-state index contributed by atoms with van der Waals surface area (Å²) >= 11 is 0. The molecule has 1 aliphatic rings. The molecular weight excluding hydrogens is 416 g/mol.